The molecule has 4 nitrogen and oxygen atoms in total. The highest BCUT2D eigenvalue weighted by Gasteiger charge is 2.14. The zero-order valence-electron chi connectivity index (χ0n) is 12.6. The van der Waals surface area contributed by atoms with E-state index < -0.39 is 17.8 Å². The molecule has 1 amide bonds. The van der Waals surface area contributed by atoms with Crippen LogP contribution in [0, 0.1) is 12.7 Å². The maximum absolute atomic E-state index is 13.5. The van der Waals surface area contributed by atoms with Crippen molar-refractivity contribution in [1.82, 2.24) is 5.32 Å². The second kappa shape index (κ2) is 7.94. The van der Waals surface area contributed by atoms with Crippen molar-refractivity contribution in [1.29, 1.82) is 0 Å². The Morgan fingerprint density at radius 2 is 2.13 bits per heavy atom. The van der Waals surface area contributed by atoms with Gasteiger partial charge in [0, 0.05) is 11.6 Å². The zero-order valence-corrected chi connectivity index (χ0v) is 13.3. The molecule has 6 heteroatoms. The number of amides is 1. The topological polar surface area (TPSA) is 58.6 Å². The molecule has 0 saturated heterocycles. The minimum atomic E-state index is -0.915. The lowest BCUT2D eigenvalue weighted by atomic mass is 10.2. The van der Waals surface area contributed by atoms with E-state index >= 15 is 0 Å². The highest BCUT2D eigenvalue weighted by atomic mass is 35.5. The summed E-state index contributed by atoms with van der Waals surface area (Å²) in [5.41, 5.74) is 0.881. The van der Waals surface area contributed by atoms with Crippen LogP contribution in [-0.4, -0.2) is 30.3 Å². The summed E-state index contributed by atoms with van der Waals surface area (Å²) in [7, 11) is 0. The number of rotatable bonds is 6. The summed E-state index contributed by atoms with van der Waals surface area (Å²) in [5, 5.41) is 12.6. The van der Waals surface area contributed by atoms with Crippen molar-refractivity contribution in [3.8, 4) is 5.75 Å². The number of ether oxygens (including phenoxy) is 1. The second-order valence-corrected chi connectivity index (χ2v) is 5.55. The standard InChI is InChI=1S/C17H17ClFNO3/c1-11-3-2-4-14(7-11)23-10-13(21)9-20-17(22)15-8-12(18)5-6-16(15)19/h2-8,13,21H,9-10H2,1H3,(H,20,22)/t13-/m1/s1. The molecule has 1 atom stereocenters. The Kier molecular flexibility index (Phi) is 5.96. The van der Waals surface area contributed by atoms with Crippen molar-refractivity contribution in [2.75, 3.05) is 13.2 Å². The number of nitrogens with one attached hydrogen (secondary N) is 1. The molecular formula is C17H17ClFNO3. The van der Waals surface area contributed by atoms with Gasteiger partial charge < -0.3 is 15.2 Å². The SMILES string of the molecule is Cc1cccc(OC[C@H](O)CNC(=O)c2cc(Cl)ccc2F)c1. The van der Waals surface area contributed by atoms with Gasteiger partial charge in [0.05, 0.1) is 5.56 Å². The highest BCUT2D eigenvalue weighted by Crippen LogP contribution is 2.15. The van der Waals surface area contributed by atoms with Crippen molar-refractivity contribution in [3.05, 3.63) is 64.4 Å². The molecule has 0 aromatic heterocycles. The van der Waals surface area contributed by atoms with E-state index in [1.54, 1.807) is 6.07 Å². The van der Waals surface area contributed by atoms with Crippen LogP contribution in [-0.2, 0) is 0 Å². The largest absolute Gasteiger partial charge is 0.491 e. The van der Waals surface area contributed by atoms with E-state index in [0.29, 0.717) is 5.75 Å². The number of aliphatic hydroxyl groups excluding tert-OH is 1. The Bertz CT molecular complexity index is 693. The minimum Gasteiger partial charge on any atom is -0.491 e. The molecule has 0 aliphatic rings. The number of aryl methyl sites for hydroxylation is 1. The number of aliphatic hydroxyl groups is 1. The second-order valence-electron chi connectivity index (χ2n) is 5.12. The smallest absolute Gasteiger partial charge is 0.254 e. The average molecular weight is 338 g/mol. The molecule has 0 saturated carbocycles. The fourth-order valence-electron chi connectivity index (χ4n) is 1.93. The molecule has 122 valence electrons. The number of carbonyl (C=O) groups excluding carboxylic acids is 1. The van der Waals surface area contributed by atoms with E-state index in [1.807, 2.05) is 25.1 Å². The van der Waals surface area contributed by atoms with Gasteiger partial charge in [0.25, 0.3) is 5.91 Å². The molecule has 0 bridgehead atoms. The Morgan fingerprint density at radius 3 is 2.87 bits per heavy atom. The molecule has 23 heavy (non-hydrogen) atoms. The summed E-state index contributed by atoms with van der Waals surface area (Å²) in [6, 6.07) is 11.1. The van der Waals surface area contributed by atoms with Crippen LogP contribution in [0.2, 0.25) is 5.02 Å². The highest BCUT2D eigenvalue weighted by molar-refractivity contribution is 6.31. The van der Waals surface area contributed by atoms with E-state index in [1.165, 1.54) is 12.1 Å². The number of benzene rings is 2. The molecule has 2 rings (SSSR count). The van der Waals surface area contributed by atoms with Gasteiger partial charge in [-0.05, 0) is 42.8 Å². The first-order valence-electron chi connectivity index (χ1n) is 7.06. The van der Waals surface area contributed by atoms with Crippen LogP contribution in [0.25, 0.3) is 0 Å². The summed E-state index contributed by atoms with van der Waals surface area (Å²) < 4.78 is 19.0. The van der Waals surface area contributed by atoms with Crippen LogP contribution in [0.3, 0.4) is 0 Å². The fraction of sp³-hybridized carbons (Fsp3) is 0.235. The van der Waals surface area contributed by atoms with Crippen LogP contribution in [0.15, 0.2) is 42.5 Å². The van der Waals surface area contributed by atoms with Crippen LogP contribution in [0.1, 0.15) is 15.9 Å². The van der Waals surface area contributed by atoms with Gasteiger partial charge in [-0.1, -0.05) is 23.7 Å². The van der Waals surface area contributed by atoms with E-state index in [0.717, 1.165) is 11.6 Å². The van der Waals surface area contributed by atoms with Gasteiger partial charge in [0.2, 0.25) is 0 Å². The molecule has 0 aliphatic carbocycles. The van der Waals surface area contributed by atoms with E-state index in [-0.39, 0.29) is 23.7 Å². The van der Waals surface area contributed by atoms with Gasteiger partial charge >= 0.3 is 0 Å². The van der Waals surface area contributed by atoms with Gasteiger partial charge in [0.15, 0.2) is 0 Å². The molecule has 0 fully saturated rings. The Balaban J connectivity index is 1.83. The predicted octanol–water partition coefficient (Wildman–Crippen LogP) is 2.96. The van der Waals surface area contributed by atoms with Crippen LogP contribution < -0.4 is 10.1 Å². The maximum Gasteiger partial charge on any atom is 0.254 e. The monoisotopic (exact) mass is 337 g/mol. The first-order chi connectivity index (χ1) is 11.0. The molecule has 2 aromatic carbocycles. The number of hydrogen-bond acceptors (Lipinski definition) is 3. The number of hydrogen-bond donors (Lipinski definition) is 2. The quantitative estimate of drug-likeness (QED) is 0.852. The summed E-state index contributed by atoms with van der Waals surface area (Å²) >= 11 is 5.74. The number of halogens is 2. The maximum atomic E-state index is 13.5. The van der Waals surface area contributed by atoms with Crippen molar-refractivity contribution < 1.29 is 19.0 Å². The third kappa shape index (κ3) is 5.23. The summed E-state index contributed by atoms with van der Waals surface area (Å²) in [6.07, 6.45) is -0.915. The van der Waals surface area contributed by atoms with Crippen LogP contribution >= 0.6 is 11.6 Å². The lowest BCUT2D eigenvalue weighted by molar-refractivity contribution is 0.0840. The molecule has 0 heterocycles. The lowest BCUT2D eigenvalue weighted by Gasteiger charge is -2.14. The first kappa shape index (κ1) is 17.2. The van der Waals surface area contributed by atoms with Gasteiger partial charge in [-0.25, -0.2) is 4.39 Å². The minimum absolute atomic E-state index is 0.0156. The molecule has 0 aliphatic heterocycles. The van der Waals surface area contributed by atoms with Crippen LogP contribution in [0.5, 0.6) is 5.75 Å². The van der Waals surface area contributed by atoms with Crippen molar-refractivity contribution in [2.45, 2.75) is 13.0 Å². The normalized spacial score (nSPS) is 11.8. The van der Waals surface area contributed by atoms with Gasteiger partial charge in [-0.2, -0.15) is 0 Å². The third-order valence-electron chi connectivity index (χ3n) is 3.10. The number of carbonyl (C=O) groups is 1. The molecule has 0 unspecified atom stereocenters. The Morgan fingerprint density at radius 1 is 1.35 bits per heavy atom. The summed E-state index contributed by atoms with van der Waals surface area (Å²) in [6.45, 7) is 1.89. The first-order valence-corrected chi connectivity index (χ1v) is 7.44. The van der Waals surface area contributed by atoms with E-state index in [2.05, 4.69) is 5.32 Å². The third-order valence-corrected chi connectivity index (χ3v) is 3.34. The Labute approximate surface area is 138 Å². The molecule has 0 spiro atoms. The summed E-state index contributed by atoms with van der Waals surface area (Å²) in [4.78, 5) is 11.9. The van der Waals surface area contributed by atoms with Crippen molar-refractivity contribution >= 4 is 17.5 Å². The molecule has 0 radical (unpaired) electrons. The van der Waals surface area contributed by atoms with Gasteiger partial charge in [-0.3, -0.25) is 4.79 Å². The van der Waals surface area contributed by atoms with Crippen molar-refractivity contribution in [2.24, 2.45) is 0 Å². The Hall–Kier alpha value is -2.11. The fourth-order valence-corrected chi connectivity index (χ4v) is 2.11. The zero-order chi connectivity index (χ0) is 16.8. The van der Waals surface area contributed by atoms with Crippen LogP contribution in [0.4, 0.5) is 4.39 Å². The van der Waals surface area contributed by atoms with E-state index in [4.69, 9.17) is 16.3 Å². The molecule has 2 aromatic rings. The lowest BCUT2D eigenvalue weighted by Crippen LogP contribution is -2.35. The molecular weight excluding hydrogens is 321 g/mol. The van der Waals surface area contributed by atoms with Crippen molar-refractivity contribution in [3.63, 3.8) is 0 Å². The predicted molar refractivity (Wildman–Crippen MR) is 86.4 cm³/mol. The average Bonchev–Trinajstić information content (AvgIpc) is 2.53. The summed E-state index contributed by atoms with van der Waals surface area (Å²) in [5.74, 6) is -0.673. The van der Waals surface area contributed by atoms with Gasteiger partial charge in [0.1, 0.15) is 24.3 Å². The van der Waals surface area contributed by atoms with Gasteiger partial charge in [-0.15, -0.1) is 0 Å². The van der Waals surface area contributed by atoms with E-state index in [9.17, 15) is 14.3 Å². The molecule has 2 N–H and O–H groups in total.